The van der Waals surface area contributed by atoms with E-state index in [-0.39, 0.29) is 17.8 Å². The summed E-state index contributed by atoms with van der Waals surface area (Å²) in [5.41, 5.74) is 2.36. The van der Waals surface area contributed by atoms with Gasteiger partial charge in [-0.15, -0.1) is 0 Å². The second-order valence-corrected chi connectivity index (χ2v) is 6.85. The number of carbonyl (C=O) groups is 1. The van der Waals surface area contributed by atoms with Crippen LogP contribution in [0.15, 0.2) is 67.0 Å². The Hall–Kier alpha value is -3.41. The third-order valence-corrected chi connectivity index (χ3v) is 4.18. The highest BCUT2D eigenvalue weighted by molar-refractivity contribution is 6.05. The van der Waals surface area contributed by atoms with Crippen LogP contribution in [0.1, 0.15) is 29.8 Å². The lowest BCUT2D eigenvalue weighted by Crippen LogP contribution is -2.15. The molecule has 0 atom stereocenters. The highest BCUT2D eigenvalue weighted by Crippen LogP contribution is 2.25. The van der Waals surface area contributed by atoms with Crippen LogP contribution in [0.2, 0.25) is 0 Å². The molecule has 0 spiro atoms. The maximum absolute atomic E-state index is 13.7. The second kappa shape index (κ2) is 9.68. The van der Waals surface area contributed by atoms with Crippen LogP contribution in [0.5, 0.6) is 5.75 Å². The Morgan fingerprint density at radius 3 is 2.66 bits per heavy atom. The SMILES string of the molecule is CC(C)Oc1ccccc1NC(=O)c1cncc(NCCc2ccccc2F)c1. The van der Waals surface area contributed by atoms with Gasteiger partial charge < -0.3 is 15.4 Å². The maximum Gasteiger partial charge on any atom is 0.257 e. The van der Waals surface area contributed by atoms with Gasteiger partial charge in [0.25, 0.3) is 5.91 Å². The molecule has 0 aliphatic heterocycles. The number of nitrogens with one attached hydrogen (secondary N) is 2. The second-order valence-electron chi connectivity index (χ2n) is 6.85. The Morgan fingerprint density at radius 1 is 1.10 bits per heavy atom. The minimum absolute atomic E-state index is 0.00306. The molecule has 0 aliphatic carbocycles. The average Bonchev–Trinajstić information content (AvgIpc) is 2.71. The van der Waals surface area contributed by atoms with Crippen molar-refractivity contribution in [1.82, 2.24) is 4.98 Å². The van der Waals surface area contributed by atoms with Gasteiger partial charge in [0, 0.05) is 18.9 Å². The highest BCUT2D eigenvalue weighted by atomic mass is 19.1. The maximum atomic E-state index is 13.7. The van der Waals surface area contributed by atoms with E-state index in [2.05, 4.69) is 15.6 Å². The predicted octanol–water partition coefficient (Wildman–Crippen LogP) is 4.91. The molecule has 0 unspecified atom stereocenters. The van der Waals surface area contributed by atoms with Crippen LogP contribution in [0.25, 0.3) is 0 Å². The van der Waals surface area contributed by atoms with Gasteiger partial charge in [-0.3, -0.25) is 9.78 Å². The van der Waals surface area contributed by atoms with Gasteiger partial charge >= 0.3 is 0 Å². The molecule has 150 valence electrons. The number of benzene rings is 2. The summed E-state index contributed by atoms with van der Waals surface area (Å²) in [6, 6.07) is 15.7. The van der Waals surface area contributed by atoms with Crippen molar-refractivity contribution in [2.24, 2.45) is 0 Å². The Morgan fingerprint density at radius 2 is 1.86 bits per heavy atom. The molecule has 1 heterocycles. The summed E-state index contributed by atoms with van der Waals surface area (Å²) in [6.45, 7) is 4.39. The molecule has 0 saturated heterocycles. The Labute approximate surface area is 169 Å². The molecule has 29 heavy (non-hydrogen) atoms. The zero-order chi connectivity index (χ0) is 20.6. The van der Waals surface area contributed by atoms with Crippen molar-refractivity contribution in [1.29, 1.82) is 0 Å². The quantitative estimate of drug-likeness (QED) is 0.570. The minimum Gasteiger partial charge on any atom is -0.489 e. The number of halogens is 1. The van der Waals surface area contributed by atoms with Crippen LogP contribution >= 0.6 is 0 Å². The number of anilines is 2. The minimum atomic E-state index is -0.282. The van der Waals surface area contributed by atoms with Crippen molar-refractivity contribution in [3.05, 3.63) is 83.9 Å². The number of nitrogens with zero attached hydrogens (tertiary/aromatic N) is 1. The van der Waals surface area contributed by atoms with E-state index in [1.165, 1.54) is 12.3 Å². The topological polar surface area (TPSA) is 63.2 Å². The van der Waals surface area contributed by atoms with Gasteiger partial charge in [-0.25, -0.2) is 4.39 Å². The van der Waals surface area contributed by atoms with E-state index in [0.29, 0.717) is 41.2 Å². The summed E-state index contributed by atoms with van der Waals surface area (Å²) in [4.78, 5) is 16.8. The van der Waals surface area contributed by atoms with Gasteiger partial charge in [-0.05, 0) is 50.1 Å². The van der Waals surface area contributed by atoms with Crippen molar-refractivity contribution in [2.75, 3.05) is 17.2 Å². The molecule has 0 fully saturated rings. The molecule has 0 radical (unpaired) electrons. The number of hydrogen-bond acceptors (Lipinski definition) is 4. The number of pyridine rings is 1. The molecule has 0 saturated carbocycles. The first-order chi connectivity index (χ1) is 14.0. The fraction of sp³-hybridized carbons (Fsp3) is 0.217. The molecule has 2 aromatic carbocycles. The van der Waals surface area contributed by atoms with Crippen LogP contribution in [-0.2, 0) is 6.42 Å². The zero-order valence-electron chi connectivity index (χ0n) is 16.5. The molecule has 1 aromatic heterocycles. The first-order valence-corrected chi connectivity index (χ1v) is 9.52. The van der Waals surface area contributed by atoms with Crippen LogP contribution < -0.4 is 15.4 Å². The lowest BCUT2D eigenvalue weighted by molar-refractivity contribution is 0.102. The smallest absolute Gasteiger partial charge is 0.257 e. The van der Waals surface area contributed by atoms with Crippen molar-refractivity contribution < 1.29 is 13.9 Å². The largest absolute Gasteiger partial charge is 0.489 e. The summed E-state index contributed by atoms with van der Waals surface area (Å²) in [5.74, 6) is 0.112. The number of carbonyl (C=O) groups excluding carboxylic acids is 1. The fourth-order valence-corrected chi connectivity index (χ4v) is 2.82. The Kier molecular flexibility index (Phi) is 6.79. The number of para-hydroxylation sites is 2. The number of amides is 1. The van der Waals surface area contributed by atoms with Crippen molar-refractivity contribution in [3.63, 3.8) is 0 Å². The third-order valence-electron chi connectivity index (χ3n) is 4.18. The molecule has 3 rings (SSSR count). The number of ether oxygens (including phenoxy) is 1. The standard InChI is InChI=1S/C23H24FN3O2/c1-16(2)29-22-10-6-5-9-21(22)27-23(28)18-13-19(15-25-14-18)26-12-11-17-7-3-4-8-20(17)24/h3-10,13-16,26H,11-12H2,1-2H3,(H,27,28). The molecule has 3 aromatic rings. The average molecular weight is 393 g/mol. The molecular formula is C23H24FN3O2. The van der Waals surface area contributed by atoms with E-state index >= 15 is 0 Å². The van der Waals surface area contributed by atoms with E-state index in [9.17, 15) is 9.18 Å². The summed E-state index contributed by atoms with van der Waals surface area (Å²) in [7, 11) is 0. The van der Waals surface area contributed by atoms with E-state index in [4.69, 9.17) is 4.74 Å². The zero-order valence-corrected chi connectivity index (χ0v) is 16.5. The van der Waals surface area contributed by atoms with E-state index in [0.717, 1.165) is 0 Å². The lowest BCUT2D eigenvalue weighted by atomic mass is 10.1. The monoisotopic (exact) mass is 393 g/mol. The summed E-state index contributed by atoms with van der Waals surface area (Å²) in [6.07, 6.45) is 3.66. The first kappa shape index (κ1) is 20.3. The highest BCUT2D eigenvalue weighted by Gasteiger charge is 2.12. The van der Waals surface area contributed by atoms with Gasteiger partial charge in [0.15, 0.2) is 0 Å². The molecule has 0 aliphatic rings. The van der Waals surface area contributed by atoms with Crippen molar-refractivity contribution >= 4 is 17.3 Å². The van der Waals surface area contributed by atoms with Gasteiger partial charge in [0.2, 0.25) is 0 Å². The van der Waals surface area contributed by atoms with Gasteiger partial charge in [-0.1, -0.05) is 30.3 Å². The van der Waals surface area contributed by atoms with E-state index in [1.807, 2.05) is 38.1 Å². The Bertz CT molecular complexity index is 976. The van der Waals surface area contributed by atoms with Crippen molar-refractivity contribution in [2.45, 2.75) is 26.4 Å². The Balaban J connectivity index is 1.63. The van der Waals surface area contributed by atoms with Crippen LogP contribution in [0.4, 0.5) is 15.8 Å². The van der Waals surface area contributed by atoms with Gasteiger partial charge in [-0.2, -0.15) is 0 Å². The first-order valence-electron chi connectivity index (χ1n) is 9.52. The molecule has 0 bridgehead atoms. The van der Waals surface area contributed by atoms with Crippen LogP contribution in [-0.4, -0.2) is 23.5 Å². The summed E-state index contributed by atoms with van der Waals surface area (Å²) >= 11 is 0. The molecular weight excluding hydrogens is 369 g/mol. The van der Waals surface area contributed by atoms with Crippen LogP contribution in [0, 0.1) is 5.82 Å². The number of aromatic nitrogens is 1. The van der Waals surface area contributed by atoms with Gasteiger partial charge in [0.1, 0.15) is 11.6 Å². The molecule has 6 heteroatoms. The third kappa shape index (κ3) is 5.78. The normalized spacial score (nSPS) is 10.6. The number of rotatable bonds is 8. The van der Waals surface area contributed by atoms with E-state index in [1.54, 1.807) is 30.5 Å². The number of hydrogen-bond donors (Lipinski definition) is 2. The van der Waals surface area contributed by atoms with Crippen molar-refractivity contribution in [3.8, 4) is 5.75 Å². The molecule has 1 amide bonds. The predicted molar refractivity (Wildman–Crippen MR) is 113 cm³/mol. The lowest BCUT2D eigenvalue weighted by Gasteiger charge is -2.15. The fourth-order valence-electron chi connectivity index (χ4n) is 2.82. The van der Waals surface area contributed by atoms with E-state index < -0.39 is 0 Å². The summed E-state index contributed by atoms with van der Waals surface area (Å²) < 4.78 is 19.4. The summed E-state index contributed by atoms with van der Waals surface area (Å²) in [5, 5.41) is 6.05. The molecule has 5 nitrogen and oxygen atoms in total. The van der Waals surface area contributed by atoms with Gasteiger partial charge in [0.05, 0.1) is 23.0 Å². The van der Waals surface area contributed by atoms with Crippen LogP contribution in [0.3, 0.4) is 0 Å². The molecule has 2 N–H and O–H groups in total.